The van der Waals surface area contributed by atoms with E-state index in [4.69, 9.17) is 8.85 Å². The van der Waals surface area contributed by atoms with Crippen molar-refractivity contribution >= 4 is 22.6 Å². The molecule has 0 radical (unpaired) electrons. The van der Waals surface area contributed by atoms with Gasteiger partial charge in [0.05, 0.1) is 18.3 Å². The fraction of sp³-hybridized carbons (Fsp3) is 0.875. The fourth-order valence-corrected chi connectivity index (χ4v) is 5.37. The number of unbranched alkanes of at least 4 members (excludes halogenated alkanes) is 2. The lowest BCUT2D eigenvalue weighted by atomic mass is 10.0. The second-order valence-electron chi connectivity index (χ2n) is 11.9. The van der Waals surface area contributed by atoms with Gasteiger partial charge in [0.25, 0.3) is 0 Å². The molecule has 0 fully saturated rings. The number of carboxylic acid groups (broad SMARTS) is 1. The third-order valence-electron chi connectivity index (χ3n) is 6.89. The summed E-state index contributed by atoms with van der Waals surface area (Å²) in [6.45, 7) is 23.9. The van der Waals surface area contributed by atoms with E-state index in [1.807, 2.05) is 6.92 Å². The van der Waals surface area contributed by atoms with Crippen molar-refractivity contribution in [2.75, 3.05) is 0 Å². The lowest BCUT2D eigenvalue weighted by Gasteiger charge is -2.44. The van der Waals surface area contributed by atoms with Crippen molar-refractivity contribution in [3.8, 4) is 0 Å². The van der Waals surface area contributed by atoms with Crippen LogP contribution < -0.4 is 0 Å². The molecule has 0 unspecified atom stereocenters. The predicted octanol–water partition coefficient (Wildman–Crippen LogP) is 6.74. The molecule has 3 atom stereocenters. The summed E-state index contributed by atoms with van der Waals surface area (Å²) in [5.74, 6) is -0.966. The Bertz CT molecular complexity index is 571. The van der Waals surface area contributed by atoms with Crippen LogP contribution in [0.3, 0.4) is 0 Å². The molecule has 0 aliphatic carbocycles. The van der Waals surface area contributed by atoms with E-state index < -0.39 is 22.6 Å². The van der Waals surface area contributed by atoms with Gasteiger partial charge in [0, 0.05) is 6.08 Å². The Labute approximate surface area is 193 Å². The molecule has 0 bridgehead atoms. The summed E-state index contributed by atoms with van der Waals surface area (Å²) in [5.41, 5.74) is 0. The maximum atomic E-state index is 11.3. The van der Waals surface area contributed by atoms with Crippen LogP contribution in [0.4, 0.5) is 0 Å². The van der Waals surface area contributed by atoms with E-state index in [2.05, 4.69) is 67.7 Å². The molecule has 0 aromatic heterocycles. The molecule has 184 valence electrons. The second-order valence-corrected chi connectivity index (χ2v) is 21.5. The Morgan fingerprint density at radius 3 is 1.74 bits per heavy atom. The van der Waals surface area contributed by atoms with Crippen molar-refractivity contribution in [3.63, 3.8) is 0 Å². The largest absolute Gasteiger partial charge is 0.478 e. The molecule has 31 heavy (non-hydrogen) atoms. The molecule has 0 aliphatic rings. The van der Waals surface area contributed by atoms with Gasteiger partial charge >= 0.3 is 5.97 Å². The Kier molecular flexibility index (Phi) is 11.9. The molecule has 0 aromatic rings. The first-order valence-electron chi connectivity index (χ1n) is 11.7. The zero-order chi connectivity index (χ0) is 24.7. The van der Waals surface area contributed by atoms with Gasteiger partial charge in [-0.25, -0.2) is 4.79 Å². The zero-order valence-electron chi connectivity index (χ0n) is 22.0. The number of carboxylic acids is 1. The average Bonchev–Trinajstić information content (AvgIpc) is 2.54. The van der Waals surface area contributed by atoms with E-state index in [9.17, 15) is 15.0 Å². The van der Waals surface area contributed by atoms with Gasteiger partial charge in [-0.05, 0) is 62.1 Å². The molecule has 0 amide bonds. The summed E-state index contributed by atoms with van der Waals surface area (Å²) in [7, 11) is -4.22. The van der Waals surface area contributed by atoms with Crippen LogP contribution >= 0.6 is 0 Å². The highest BCUT2D eigenvalue weighted by molar-refractivity contribution is 6.74. The standard InChI is InChI=1S/C24H50O5Si2/c1-19(25)15-13-12-14-16-20(28-30(8,9)23(2,3)4)21(17-18-22(26)27)29-31(10,11)24(5,6)7/h17-21,25H,12-16H2,1-11H3,(H,26,27)/b18-17+/t19-,20+,21-/m1/s1. The molecule has 2 N–H and O–H groups in total. The number of hydrogen-bond acceptors (Lipinski definition) is 4. The second kappa shape index (κ2) is 12.1. The first-order valence-corrected chi connectivity index (χ1v) is 17.6. The quantitative estimate of drug-likeness (QED) is 0.176. The third-order valence-corrected chi connectivity index (χ3v) is 15.9. The third kappa shape index (κ3) is 11.3. The maximum absolute atomic E-state index is 11.3. The van der Waals surface area contributed by atoms with E-state index in [1.54, 1.807) is 6.08 Å². The van der Waals surface area contributed by atoms with Gasteiger partial charge in [-0.2, -0.15) is 0 Å². The number of aliphatic carboxylic acids is 1. The Morgan fingerprint density at radius 1 is 0.871 bits per heavy atom. The van der Waals surface area contributed by atoms with Crippen LogP contribution in [0.2, 0.25) is 36.3 Å². The summed E-state index contributed by atoms with van der Waals surface area (Å²) in [6, 6.07) is 0. The number of rotatable bonds is 13. The van der Waals surface area contributed by atoms with Gasteiger partial charge in [-0.1, -0.05) is 60.8 Å². The van der Waals surface area contributed by atoms with Crippen molar-refractivity contribution in [2.45, 2.75) is 135 Å². The minimum absolute atomic E-state index is 0.0150. The molecule has 0 saturated carbocycles. The molecular weight excluding hydrogens is 424 g/mol. The van der Waals surface area contributed by atoms with Gasteiger partial charge in [0.2, 0.25) is 0 Å². The van der Waals surface area contributed by atoms with Crippen LogP contribution in [-0.2, 0) is 13.6 Å². The number of hydrogen-bond donors (Lipinski definition) is 2. The summed E-state index contributed by atoms with van der Waals surface area (Å²) in [5, 5.41) is 18.9. The first kappa shape index (κ1) is 30.5. The lowest BCUT2D eigenvalue weighted by molar-refractivity contribution is -0.131. The highest BCUT2D eigenvalue weighted by Gasteiger charge is 2.44. The molecular formula is C24H50O5Si2. The van der Waals surface area contributed by atoms with Crippen molar-refractivity contribution in [3.05, 3.63) is 12.2 Å². The first-order chi connectivity index (χ1) is 13.8. The van der Waals surface area contributed by atoms with Gasteiger partial charge < -0.3 is 19.1 Å². The molecule has 0 saturated heterocycles. The van der Waals surface area contributed by atoms with Crippen molar-refractivity contribution in [1.29, 1.82) is 0 Å². The number of aliphatic hydroxyl groups excluding tert-OH is 1. The molecule has 5 nitrogen and oxygen atoms in total. The van der Waals surface area contributed by atoms with Crippen molar-refractivity contribution in [1.82, 2.24) is 0 Å². The summed E-state index contributed by atoms with van der Waals surface area (Å²) < 4.78 is 13.5. The smallest absolute Gasteiger partial charge is 0.328 e. The molecule has 0 aromatic carbocycles. The van der Waals surface area contributed by atoms with E-state index in [0.29, 0.717) is 0 Å². The van der Waals surface area contributed by atoms with Crippen LogP contribution in [0.25, 0.3) is 0 Å². The monoisotopic (exact) mass is 474 g/mol. The van der Waals surface area contributed by atoms with E-state index >= 15 is 0 Å². The van der Waals surface area contributed by atoms with Crippen molar-refractivity contribution in [2.24, 2.45) is 0 Å². The van der Waals surface area contributed by atoms with Gasteiger partial charge in [0.1, 0.15) is 0 Å². The molecule has 7 heteroatoms. The summed E-state index contributed by atoms with van der Waals surface area (Å²) >= 11 is 0. The van der Waals surface area contributed by atoms with E-state index in [0.717, 1.165) is 32.1 Å². The van der Waals surface area contributed by atoms with Gasteiger partial charge in [-0.15, -0.1) is 0 Å². The van der Waals surface area contributed by atoms with Crippen LogP contribution in [-0.4, -0.2) is 51.1 Å². The average molecular weight is 475 g/mol. The molecule has 0 aliphatic heterocycles. The fourth-order valence-electron chi connectivity index (χ4n) is 2.74. The molecule has 0 heterocycles. The van der Waals surface area contributed by atoms with Crippen LogP contribution in [0.1, 0.15) is 80.6 Å². The SMILES string of the molecule is C[C@@H](O)CCCCC[C@H](O[Si](C)(C)C(C)(C)C)[C@@H](/C=C/C(=O)O)O[Si](C)(C)C(C)(C)C. The lowest BCUT2D eigenvalue weighted by Crippen LogP contribution is -2.51. The Hall–Kier alpha value is -0.476. The Morgan fingerprint density at radius 2 is 1.32 bits per heavy atom. The van der Waals surface area contributed by atoms with E-state index in [-0.39, 0.29) is 28.4 Å². The molecule has 0 rings (SSSR count). The topological polar surface area (TPSA) is 76.0 Å². The highest BCUT2D eigenvalue weighted by Crippen LogP contribution is 2.41. The molecule has 0 spiro atoms. The minimum atomic E-state index is -2.14. The Balaban J connectivity index is 5.80. The number of carbonyl (C=O) groups is 1. The number of aliphatic hydroxyl groups is 1. The zero-order valence-corrected chi connectivity index (χ0v) is 24.0. The summed E-state index contributed by atoms with van der Waals surface area (Å²) in [6.07, 6.45) is 6.62. The van der Waals surface area contributed by atoms with Crippen LogP contribution in [0, 0.1) is 0 Å². The highest BCUT2D eigenvalue weighted by atomic mass is 28.4. The minimum Gasteiger partial charge on any atom is -0.478 e. The summed E-state index contributed by atoms with van der Waals surface area (Å²) in [4.78, 5) is 11.3. The van der Waals surface area contributed by atoms with E-state index in [1.165, 1.54) is 6.08 Å². The van der Waals surface area contributed by atoms with Crippen LogP contribution in [0.5, 0.6) is 0 Å². The normalized spacial score (nSPS) is 17.0. The predicted molar refractivity (Wildman–Crippen MR) is 136 cm³/mol. The van der Waals surface area contributed by atoms with Crippen molar-refractivity contribution < 1.29 is 23.9 Å². The van der Waals surface area contributed by atoms with Gasteiger partial charge in [-0.3, -0.25) is 0 Å². The maximum Gasteiger partial charge on any atom is 0.328 e. The van der Waals surface area contributed by atoms with Crippen LogP contribution in [0.15, 0.2) is 12.2 Å². The van der Waals surface area contributed by atoms with Gasteiger partial charge in [0.15, 0.2) is 16.6 Å².